The molecule has 0 saturated heterocycles. The molecule has 1 aliphatic rings. The van der Waals surface area contributed by atoms with Crippen molar-refractivity contribution in [1.29, 1.82) is 0 Å². The van der Waals surface area contributed by atoms with Gasteiger partial charge in [-0.05, 0) is 61.0 Å². The van der Waals surface area contributed by atoms with Gasteiger partial charge < -0.3 is 0 Å². The van der Waals surface area contributed by atoms with Gasteiger partial charge in [0.1, 0.15) is 29.3 Å². The highest BCUT2D eigenvalue weighted by Crippen LogP contribution is 2.60. The Kier molecular flexibility index (Phi) is 7.20. The average Bonchev–Trinajstić information content (AvgIpc) is 3.29. The molecule has 2 nitrogen and oxygen atoms in total. The summed E-state index contributed by atoms with van der Waals surface area (Å²) in [4.78, 5) is 9.65. The van der Waals surface area contributed by atoms with Gasteiger partial charge in [-0.2, -0.15) is 0 Å². The van der Waals surface area contributed by atoms with Crippen molar-refractivity contribution < 1.29 is 0 Å². The van der Waals surface area contributed by atoms with Crippen LogP contribution in [0.1, 0.15) is 12.5 Å². The van der Waals surface area contributed by atoms with Gasteiger partial charge in [-0.15, -0.1) is 0 Å². The van der Waals surface area contributed by atoms with Gasteiger partial charge in [0, 0.05) is 17.0 Å². The van der Waals surface area contributed by atoms with Crippen LogP contribution in [0.4, 0.5) is 0 Å². The summed E-state index contributed by atoms with van der Waals surface area (Å²) in [6.07, 6.45) is 2.74. The Balaban J connectivity index is 1.65. The summed E-state index contributed by atoms with van der Waals surface area (Å²) in [5.74, 6) is 0.809. The van der Waals surface area contributed by atoms with E-state index in [4.69, 9.17) is 21.6 Å². The molecule has 35 heavy (non-hydrogen) atoms. The third kappa shape index (κ3) is 5.14. The fourth-order valence-corrected chi connectivity index (χ4v) is 10.8. The highest BCUT2D eigenvalue weighted by atomic mass is 35.5. The molecule has 5 heteroatoms. The molecule has 0 bridgehead atoms. The zero-order chi connectivity index (χ0) is 24.1. The fourth-order valence-electron chi connectivity index (χ4n) is 4.58. The lowest BCUT2D eigenvalue weighted by atomic mass is 10.2. The number of halogens is 1. The Bertz CT molecular complexity index is 1230. The van der Waals surface area contributed by atoms with Crippen molar-refractivity contribution in [2.45, 2.75) is 17.7 Å². The molecule has 1 unspecified atom stereocenters. The molecule has 0 amide bonds. The van der Waals surface area contributed by atoms with Crippen molar-refractivity contribution in [2.24, 2.45) is 9.98 Å². The lowest BCUT2D eigenvalue weighted by Gasteiger charge is -2.33. The van der Waals surface area contributed by atoms with Crippen LogP contribution in [-0.2, 0) is 5.75 Å². The minimum Gasteiger partial charge on any atom is -0.248 e. The second-order valence-corrected chi connectivity index (χ2v) is 13.8. The minimum absolute atomic E-state index is 0.598. The van der Waals surface area contributed by atoms with Crippen LogP contribution in [0.15, 0.2) is 125 Å². The van der Waals surface area contributed by atoms with Crippen LogP contribution in [0.25, 0.3) is 0 Å². The van der Waals surface area contributed by atoms with Crippen molar-refractivity contribution in [3.05, 3.63) is 126 Å². The van der Waals surface area contributed by atoms with Gasteiger partial charge in [-0.25, -0.2) is 9.98 Å². The molecule has 0 N–H and O–H groups in total. The first kappa shape index (κ1) is 24.0. The molecule has 0 aliphatic carbocycles. The molecule has 1 heterocycles. The number of thioether (sulfide) groups is 1. The number of aliphatic imine (C=N–C) groups is 2. The summed E-state index contributed by atoms with van der Waals surface area (Å²) in [5.41, 5.74) is 2.19. The van der Waals surface area contributed by atoms with E-state index in [0.29, 0.717) is 0 Å². The van der Waals surface area contributed by atoms with E-state index in [9.17, 15) is 0 Å². The van der Waals surface area contributed by atoms with Crippen molar-refractivity contribution in [2.75, 3.05) is 6.16 Å². The van der Waals surface area contributed by atoms with E-state index in [1.54, 1.807) is 11.8 Å². The van der Waals surface area contributed by atoms with E-state index in [2.05, 4.69) is 103 Å². The van der Waals surface area contributed by atoms with Crippen molar-refractivity contribution in [1.82, 2.24) is 0 Å². The zero-order valence-corrected chi connectivity index (χ0v) is 22.1. The maximum absolute atomic E-state index is 6.13. The average molecular weight is 514 g/mol. The quantitative estimate of drug-likeness (QED) is 0.239. The first-order chi connectivity index (χ1) is 17.1. The van der Waals surface area contributed by atoms with E-state index in [1.165, 1.54) is 21.5 Å². The normalized spacial score (nSPS) is 17.4. The predicted molar refractivity (Wildman–Crippen MR) is 157 cm³/mol. The van der Waals surface area contributed by atoms with Gasteiger partial charge in [0.15, 0.2) is 0 Å². The fraction of sp³-hybridized carbons (Fsp3) is 0.133. The first-order valence-corrected chi connectivity index (χ1v) is 15.0. The van der Waals surface area contributed by atoms with Gasteiger partial charge in [-0.3, -0.25) is 0 Å². The number of benzene rings is 4. The maximum Gasteiger partial charge on any atom is 0.232 e. The molecule has 0 fully saturated rings. The molecule has 0 aromatic heterocycles. The molecule has 0 saturated carbocycles. The summed E-state index contributed by atoms with van der Waals surface area (Å²) in [6, 6.07) is 40.9. The van der Waals surface area contributed by atoms with Crippen LogP contribution in [0, 0.1) is 0 Å². The Hall–Kier alpha value is -2.71. The van der Waals surface area contributed by atoms with Crippen LogP contribution in [0.3, 0.4) is 0 Å². The van der Waals surface area contributed by atoms with Crippen molar-refractivity contribution in [3.8, 4) is 0 Å². The molecule has 4 aromatic rings. The maximum atomic E-state index is 6.13. The Labute approximate surface area is 217 Å². The van der Waals surface area contributed by atoms with E-state index in [0.717, 1.165) is 22.6 Å². The van der Waals surface area contributed by atoms with Gasteiger partial charge in [0.25, 0.3) is 0 Å². The summed E-state index contributed by atoms with van der Waals surface area (Å²) >= 11 is 7.93. The zero-order valence-electron chi connectivity index (χ0n) is 19.6. The van der Waals surface area contributed by atoms with E-state index < -0.39 is 12.3 Å². The lowest BCUT2D eigenvalue weighted by Crippen LogP contribution is -2.40. The monoisotopic (exact) mass is 513 g/mol. The molecule has 4 aromatic carbocycles. The second-order valence-electron chi connectivity index (χ2n) is 8.64. The molecule has 1 aliphatic heterocycles. The first-order valence-electron chi connectivity index (χ1n) is 11.6. The Morgan fingerprint density at radius 1 is 0.714 bits per heavy atom. The van der Waals surface area contributed by atoms with Crippen LogP contribution in [-0.4, -0.2) is 23.1 Å². The number of nitrogens with zero attached hydrogens (tertiary/aromatic N) is 2. The van der Waals surface area contributed by atoms with Gasteiger partial charge in [0.05, 0.1) is 5.71 Å². The Morgan fingerprint density at radius 3 is 1.63 bits per heavy atom. The van der Waals surface area contributed by atoms with E-state index in [-0.39, 0.29) is 0 Å². The summed E-state index contributed by atoms with van der Waals surface area (Å²) < 4.78 is 0. The standard InChI is InChI=1S/C30H27ClN2PS/c1-24-21-32-30(33-24,35-22-25-17-19-26(31)20-18-25)23-34(27-11-5-2-6-12-27,28-13-7-3-8-14-28)29-15-9-4-10-16-29/h2-21H,22-23H2,1H3/q+1. The van der Waals surface area contributed by atoms with Gasteiger partial charge >= 0.3 is 0 Å². The number of hydrogen-bond acceptors (Lipinski definition) is 3. The summed E-state index contributed by atoms with van der Waals surface area (Å²) in [5, 5.41) is 4.79. The highest BCUT2D eigenvalue weighted by Gasteiger charge is 2.53. The third-order valence-corrected chi connectivity index (χ3v) is 12.4. The molecular weight excluding hydrogens is 487 g/mol. The highest BCUT2D eigenvalue weighted by molar-refractivity contribution is 8.02. The van der Waals surface area contributed by atoms with Crippen LogP contribution < -0.4 is 15.9 Å². The molecule has 0 spiro atoms. The van der Waals surface area contributed by atoms with Crippen LogP contribution in [0.2, 0.25) is 5.02 Å². The Morgan fingerprint density at radius 2 is 1.20 bits per heavy atom. The lowest BCUT2D eigenvalue weighted by molar-refractivity contribution is 0.748. The van der Waals surface area contributed by atoms with Gasteiger partial charge in [-0.1, -0.05) is 90.1 Å². The molecular formula is C30H27ClN2PS+. The molecule has 174 valence electrons. The van der Waals surface area contributed by atoms with Crippen LogP contribution in [0.5, 0.6) is 0 Å². The molecule has 0 radical (unpaired) electrons. The molecule has 1 atom stereocenters. The molecule has 5 rings (SSSR count). The number of hydrogen-bond donors (Lipinski definition) is 0. The van der Waals surface area contributed by atoms with E-state index in [1.807, 2.05) is 25.3 Å². The smallest absolute Gasteiger partial charge is 0.232 e. The SMILES string of the molecule is CC1=NC(C[P+](c2ccccc2)(c2ccccc2)c2ccccc2)(SCc2ccc(Cl)cc2)N=C1. The largest absolute Gasteiger partial charge is 0.248 e. The summed E-state index contributed by atoms with van der Waals surface area (Å²) in [6.45, 7) is 2.04. The van der Waals surface area contributed by atoms with E-state index >= 15 is 0 Å². The van der Waals surface area contributed by atoms with Gasteiger partial charge in [0.2, 0.25) is 4.99 Å². The predicted octanol–water partition coefficient (Wildman–Crippen LogP) is 6.77. The summed E-state index contributed by atoms with van der Waals surface area (Å²) in [7, 11) is -2.09. The van der Waals surface area contributed by atoms with Crippen molar-refractivity contribution >= 4 is 58.5 Å². The topological polar surface area (TPSA) is 24.7 Å². The third-order valence-electron chi connectivity index (χ3n) is 6.22. The van der Waals surface area contributed by atoms with Crippen molar-refractivity contribution in [3.63, 3.8) is 0 Å². The van der Waals surface area contributed by atoms with Crippen LogP contribution >= 0.6 is 30.6 Å². The minimum atomic E-state index is -2.09. The second kappa shape index (κ2) is 10.5. The number of rotatable bonds is 8.